The average Bonchev–Trinajstić information content (AvgIpc) is 1.73. The normalized spacial score (nSPS) is 21.3. The first kappa shape index (κ1) is 106. The number of hydrogen-bond donors (Lipinski definition) is 0. The van der Waals surface area contributed by atoms with Crippen LogP contribution in [0.4, 0.5) is 0 Å². The molecule has 0 amide bonds. The van der Waals surface area contributed by atoms with Gasteiger partial charge in [-0.25, -0.2) is 0 Å². The fourth-order valence-corrected chi connectivity index (χ4v) is 11.8. The van der Waals surface area contributed by atoms with Gasteiger partial charge in [-0.05, 0) is 259 Å². The number of rotatable bonds is 65. The van der Waals surface area contributed by atoms with Crippen molar-refractivity contribution in [3.8, 4) is 0 Å². The van der Waals surface area contributed by atoms with Gasteiger partial charge in [0.05, 0.1) is 61.0 Å². The van der Waals surface area contributed by atoms with Gasteiger partial charge in [0.15, 0.2) is 0 Å². The van der Waals surface area contributed by atoms with Crippen LogP contribution in [-0.4, -0.2) is 90.0 Å². The molecule has 0 spiro atoms. The van der Waals surface area contributed by atoms with Gasteiger partial charge < -0.3 is 47.7 Å². The summed E-state index contributed by atoms with van der Waals surface area (Å²) in [5, 5.41) is 0. The summed E-state index contributed by atoms with van der Waals surface area (Å²) in [6, 6.07) is 0. The van der Waals surface area contributed by atoms with Gasteiger partial charge in [0.25, 0.3) is 0 Å². The van der Waals surface area contributed by atoms with Crippen LogP contribution < -0.4 is 0 Å². The minimum Gasteiger partial charge on any atom is -0.369 e. The summed E-state index contributed by atoms with van der Waals surface area (Å²) >= 11 is 0. The van der Waals surface area contributed by atoms with Gasteiger partial charge in [0.1, 0.15) is 28.9 Å². The van der Waals surface area contributed by atoms with E-state index in [2.05, 4.69) is 278 Å². The molecule has 10 unspecified atom stereocenters. The Labute approximate surface area is 702 Å². The number of hydrogen-bond acceptors (Lipinski definition) is 10. The molecule has 5 aliphatic rings. The Morgan fingerprint density at radius 2 is 0.348 bits per heavy atom. The molecule has 0 radical (unpaired) electrons. The van der Waals surface area contributed by atoms with E-state index in [-0.39, 0.29) is 28.9 Å². The highest BCUT2D eigenvalue weighted by molar-refractivity contribution is 5.76. The molecule has 10 heteroatoms. The summed E-state index contributed by atoms with van der Waals surface area (Å²) in [6.07, 6.45) is 132. The second-order valence-corrected chi connectivity index (χ2v) is 30.2. The van der Waals surface area contributed by atoms with E-state index in [0.717, 1.165) is 225 Å². The number of Topliss-reactive ketones (excluding diaryl/α,β-unsaturated/α-hetero) is 5. The first-order chi connectivity index (χ1) is 56.2. The summed E-state index contributed by atoms with van der Waals surface area (Å²) in [7, 11) is 0. The maximum absolute atomic E-state index is 10.9. The van der Waals surface area contributed by atoms with Crippen molar-refractivity contribution in [2.45, 2.75) is 387 Å². The van der Waals surface area contributed by atoms with Crippen molar-refractivity contribution in [1.82, 2.24) is 0 Å². The van der Waals surface area contributed by atoms with Crippen molar-refractivity contribution in [3.05, 3.63) is 243 Å². The number of ether oxygens (including phenoxy) is 5. The zero-order chi connectivity index (χ0) is 83.8. The van der Waals surface area contributed by atoms with Gasteiger partial charge in [0, 0.05) is 32.1 Å². The highest BCUT2D eigenvalue weighted by Gasteiger charge is 2.39. The Bertz CT molecular complexity index is 3100. The summed E-state index contributed by atoms with van der Waals surface area (Å²) in [5.74, 6) is 1.41. The Hall–Kier alpha value is -7.05. The molecule has 0 aliphatic carbocycles. The summed E-state index contributed by atoms with van der Waals surface area (Å²) in [6.45, 7) is 19.1. The van der Waals surface area contributed by atoms with Gasteiger partial charge in [-0.3, -0.25) is 0 Å². The Kier molecular flexibility index (Phi) is 73.2. The minimum absolute atomic E-state index is 0.279. The molecule has 10 atom stereocenters. The zero-order valence-electron chi connectivity index (χ0n) is 73.7. The largest absolute Gasteiger partial charge is 0.369 e. The number of ketones is 5. The Morgan fingerprint density at radius 1 is 0.191 bits per heavy atom. The molecule has 10 nitrogen and oxygen atoms in total. The first-order valence-corrected chi connectivity index (χ1v) is 44.9. The molecular weight excluding hydrogens is 1420 g/mol. The lowest BCUT2D eigenvalue weighted by atomic mass is 10.1. The fourth-order valence-electron chi connectivity index (χ4n) is 11.8. The van der Waals surface area contributed by atoms with E-state index < -0.39 is 0 Å². The van der Waals surface area contributed by atoms with Gasteiger partial charge in [-0.15, -0.1) is 0 Å². The van der Waals surface area contributed by atoms with Crippen LogP contribution in [0.15, 0.2) is 243 Å². The molecule has 115 heavy (non-hydrogen) atoms. The third-order valence-electron chi connectivity index (χ3n) is 18.9. The summed E-state index contributed by atoms with van der Waals surface area (Å²) < 4.78 is 28.0. The van der Waals surface area contributed by atoms with Crippen LogP contribution in [-0.2, 0) is 47.7 Å². The number of carbonyl (C=O) groups excluding carboxylic acids is 5. The average molecular weight is 1580 g/mol. The fraction of sp³-hybridized carbons (Fsp3) is 0.571. The third-order valence-corrected chi connectivity index (χ3v) is 18.9. The van der Waals surface area contributed by atoms with Gasteiger partial charge in [0.2, 0.25) is 0 Å². The number of carbonyl (C=O) groups is 5. The zero-order valence-corrected chi connectivity index (χ0v) is 73.7. The predicted molar refractivity (Wildman–Crippen MR) is 493 cm³/mol. The second-order valence-electron chi connectivity index (χ2n) is 30.2. The predicted octanol–water partition coefficient (Wildman–Crippen LogP) is 28.5. The van der Waals surface area contributed by atoms with E-state index in [9.17, 15) is 24.0 Å². The molecule has 0 aromatic carbocycles. The quantitative estimate of drug-likeness (QED) is 0.0327. The summed E-state index contributed by atoms with van der Waals surface area (Å²) in [5.41, 5.74) is 0. The van der Waals surface area contributed by atoms with E-state index in [0.29, 0.717) is 93.1 Å². The SMILES string of the molecule is CC/C=C\C/C=C\C/C=C\C/C=C\CC1OC1CCCC(C)=O.CC/C=C\C/C=C\C/C=C\CC1OC1C/C=C\CCCC(C)=O.CC/C=C\C/C=C\CC1OC1C/C=C\C/C=C\CCCC(C)=O.CC/C=C\CC1OC1C/C=C\C/C=C\C/C=C\CCCC(C)=O.CCC1OC1C/C=C\C/C=C\C/C=C\C/C=C\CCCC(C)=O. The maximum Gasteiger partial charge on any atom is 0.129 e. The number of epoxide rings is 5. The molecule has 0 aromatic rings. The Morgan fingerprint density at radius 3 is 0.574 bits per heavy atom. The highest BCUT2D eigenvalue weighted by atomic mass is 16.6. The topological polar surface area (TPSA) is 148 Å². The number of allylic oxidation sites excluding steroid dienone is 32. The highest BCUT2D eigenvalue weighted by Crippen LogP contribution is 2.33. The molecule has 5 aliphatic heterocycles. The molecular formula is C105H160O10. The van der Waals surface area contributed by atoms with Crippen molar-refractivity contribution in [3.63, 3.8) is 0 Å². The van der Waals surface area contributed by atoms with Gasteiger partial charge in [-0.1, -0.05) is 278 Å². The molecule has 5 fully saturated rings. The van der Waals surface area contributed by atoms with Crippen molar-refractivity contribution in [2.75, 3.05) is 0 Å². The molecule has 0 aromatic heterocycles. The summed E-state index contributed by atoms with van der Waals surface area (Å²) in [4.78, 5) is 54.0. The van der Waals surface area contributed by atoms with Crippen LogP contribution in [0.3, 0.4) is 0 Å². The first-order valence-electron chi connectivity index (χ1n) is 44.9. The molecule has 0 saturated carbocycles. The van der Waals surface area contributed by atoms with Crippen LogP contribution in [0.1, 0.15) is 326 Å². The standard InChI is InChI=1S/5C21H32O2/c1-3-20-21(23-20)18-16-14-12-10-8-6-4-5-7-9-11-13-15-17-19(2)22;1-3-4-13-17-20-21(23-20)18-15-12-10-8-6-5-7-9-11-14-16-19(2)22;1-3-4-5-6-11-14-17-20-21(23-20)18-15-12-9-7-8-10-13-16-19(2)22;1-3-4-5-6-7-8-9-10-14-17-20-21(23-20)18-15-12-11-13-16-19(2)22;1-3-4-5-6-7-8-9-10-11-12-13-14-17-20-21(23-20)18-15-16-19(2)22/h4-5,8-11,14,16,20-21H,3,6-7,12-13,15,17-18H2,1-2H3;4,6-9,12-13,15,20-21H,3,5,10-11,14,16-18H2,1-2H3;4-5,7-8,11-12,14-15,20-21H,3,6,9-10,13,16-18H2,1-2H3;4-5,7-8,10,12,14-15,20-21H,3,6,9,11,13,16-18H2,1-2H3;4-5,7-8,10-11,13-14,20-21H,3,6,9,12,15-18H2,1-2H3/b5-4-,10-8-,11-9-,16-14-;8-6-,9-7-,13-4-,15-12-;5-4-,8-7-,14-11-,15-12-;5-4-,8-7-,14-10-,15-12-;5-4-,8-7-,11-10-,14-13-. The second kappa shape index (κ2) is 79.4. The Balaban J connectivity index is 0.000000719. The lowest BCUT2D eigenvalue weighted by molar-refractivity contribution is -0.117. The van der Waals surface area contributed by atoms with Crippen LogP contribution >= 0.6 is 0 Å². The lowest BCUT2D eigenvalue weighted by Crippen LogP contribution is -1.95. The van der Waals surface area contributed by atoms with E-state index >= 15 is 0 Å². The minimum atomic E-state index is 0.279. The van der Waals surface area contributed by atoms with Gasteiger partial charge in [-0.2, -0.15) is 0 Å². The number of unbranched alkanes of at least 4 members (excludes halogenated alkanes) is 4. The van der Waals surface area contributed by atoms with E-state index in [1.807, 2.05) is 0 Å². The van der Waals surface area contributed by atoms with Crippen molar-refractivity contribution in [1.29, 1.82) is 0 Å². The van der Waals surface area contributed by atoms with Crippen molar-refractivity contribution >= 4 is 28.9 Å². The van der Waals surface area contributed by atoms with E-state index in [4.69, 9.17) is 23.7 Å². The van der Waals surface area contributed by atoms with Crippen LogP contribution in [0.5, 0.6) is 0 Å². The van der Waals surface area contributed by atoms with E-state index in [1.54, 1.807) is 34.6 Å². The molecule has 0 bridgehead atoms. The maximum atomic E-state index is 10.9. The van der Waals surface area contributed by atoms with Crippen molar-refractivity contribution < 1.29 is 47.7 Å². The smallest absolute Gasteiger partial charge is 0.129 e. The van der Waals surface area contributed by atoms with Gasteiger partial charge >= 0.3 is 0 Å². The van der Waals surface area contributed by atoms with Crippen LogP contribution in [0, 0.1) is 0 Å². The molecule has 0 N–H and O–H groups in total. The van der Waals surface area contributed by atoms with E-state index in [1.165, 1.54) is 0 Å². The van der Waals surface area contributed by atoms with Crippen LogP contribution in [0.2, 0.25) is 0 Å². The third kappa shape index (κ3) is 77.9. The molecule has 5 rings (SSSR count). The molecule has 5 saturated heterocycles. The molecule has 640 valence electrons. The van der Waals surface area contributed by atoms with Crippen LogP contribution in [0.25, 0.3) is 0 Å². The monoisotopic (exact) mass is 1580 g/mol. The van der Waals surface area contributed by atoms with Crippen molar-refractivity contribution in [2.24, 2.45) is 0 Å². The molecule has 5 heterocycles. The lowest BCUT2D eigenvalue weighted by Gasteiger charge is -1.93.